The van der Waals surface area contributed by atoms with Crippen LogP contribution in [0.5, 0.6) is 5.88 Å². The maximum atomic E-state index is 5.53. The molecule has 1 fully saturated rings. The predicted octanol–water partition coefficient (Wildman–Crippen LogP) is 1.95. The second kappa shape index (κ2) is 5.71. The van der Waals surface area contributed by atoms with E-state index in [-0.39, 0.29) is 0 Å². The Morgan fingerprint density at radius 1 is 1.27 bits per heavy atom. The summed E-state index contributed by atoms with van der Waals surface area (Å²) in [4.78, 5) is 6.61. The Labute approximate surface area is 91.1 Å². The first-order valence-corrected chi connectivity index (χ1v) is 5.71. The van der Waals surface area contributed by atoms with Crippen LogP contribution in [0.15, 0.2) is 24.4 Å². The Morgan fingerprint density at radius 3 is 2.87 bits per heavy atom. The normalized spacial score (nSPS) is 16.8. The van der Waals surface area contributed by atoms with E-state index in [2.05, 4.69) is 9.88 Å². The molecule has 1 aromatic heterocycles. The summed E-state index contributed by atoms with van der Waals surface area (Å²) in [5, 5.41) is 0. The minimum Gasteiger partial charge on any atom is -0.478 e. The van der Waals surface area contributed by atoms with Crippen LogP contribution in [0, 0.1) is 0 Å². The highest BCUT2D eigenvalue weighted by Gasteiger charge is 2.10. The Balaban J connectivity index is 1.59. The molecule has 1 aromatic rings. The Morgan fingerprint density at radius 2 is 2.13 bits per heavy atom. The lowest BCUT2D eigenvalue weighted by molar-refractivity contribution is 0.257. The van der Waals surface area contributed by atoms with E-state index in [1.54, 1.807) is 6.20 Å². The smallest absolute Gasteiger partial charge is 0.213 e. The number of aromatic nitrogens is 1. The van der Waals surface area contributed by atoms with Gasteiger partial charge in [0.15, 0.2) is 0 Å². The van der Waals surface area contributed by atoms with Gasteiger partial charge in [0.05, 0.1) is 6.61 Å². The molecular formula is C12H18N2O. The summed E-state index contributed by atoms with van der Waals surface area (Å²) in [5.41, 5.74) is 0. The Bertz CT molecular complexity index is 270. The van der Waals surface area contributed by atoms with Crippen LogP contribution in [0.1, 0.15) is 19.3 Å². The molecule has 82 valence electrons. The van der Waals surface area contributed by atoms with Gasteiger partial charge in [-0.3, -0.25) is 0 Å². The summed E-state index contributed by atoms with van der Waals surface area (Å²) < 4.78 is 5.53. The highest BCUT2D eigenvalue weighted by Crippen LogP contribution is 2.08. The number of pyridine rings is 1. The van der Waals surface area contributed by atoms with E-state index in [0.29, 0.717) is 0 Å². The fourth-order valence-corrected chi connectivity index (χ4v) is 1.90. The van der Waals surface area contributed by atoms with Crippen molar-refractivity contribution in [3.05, 3.63) is 24.4 Å². The van der Waals surface area contributed by atoms with Crippen LogP contribution in [0.3, 0.4) is 0 Å². The molecule has 0 atom stereocenters. The third-order valence-corrected chi connectivity index (χ3v) is 2.71. The average Bonchev–Trinajstić information content (AvgIpc) is 2.79. The van der Waals surface area contributed by atoms with Gasteiger partial charge in [0.2, 0.25) is 5.88 Å². The van der Waals surface area contributed by atoms with Crippen molar-refractivity contribution < 1.29 is 4.74 Å². The molecule has 0 unspecified atom stereocenters. The zero-order valence-corrected chi connectivity index (χ0v) is 9.06. The fourth-order valence-electron chi connectivity index (χ4n) is 1.90. The molecule has 15 heavy (non-hydrogen) atoms. The van der Waals surface area contributed by atoms with Crippen LogP contribution < -0.4 is 4.74 Å². The van der Waals surface area contributed by atoms with Crippen molar-refractivity contribution in [2.24, 2.45) is 0 Å². The second-order valence-electron chi connectivity index (χ2n) is 3.92. The van der Waals surface area contributed by atoms with Crippen molar-refractivity contribution in [2.75, 3.05) is 26.2 Å². The molecule has 0 aromatic carbocycles. The summed E-state index contributed by atoms with van der Waals surface area (Å²) in [6, 6.07) is 5.75. The van der Waals surface area contributed by atoms with Gasteiger partial charge in [-0.2, -0.15) is 0 Å². The Hall–Kier alpha value is -1.09. The monoisotopic (exact) mass is 206 g/mol. The lowest BCUT2D eigenvalue weighted by atomic mass is 10.4. The maximum absolute atomic E-state index is 5.53. The SMILES string of the molecule is c1ccc(OCCCN2CCCC2)nc1. The standard InChI is InChI=1S/C12H18N2O/c1-2-7-13-12(6-1)15-11-5-10-14-8-3-4-9-14/h1-2,6-7H,3-5,8-11H2. The van der Waals surface area contributed by atoms with Crippen molar-refractivity contribution in [1.82, 2.24) is 9.88 Å². The number of likely N-dealkylation sites (tertiary alicyclic amines) is 1. The number of nitrogens with zero attached hydrogens (tertiary/aromatic N) is 2. The first-order chi connectivity index (χ1) is 7.45. The zero-order valence-electron chi connectivity index (χ0n) is 9.06. The topological polar surface area (TPSA) is 25.4 Å². The molecule has 3 heteroatoms. The first-order valence-electron chi connectivity index (χ1n) is 5.71. The van der Waals surface area contributed by atoms with Gasteiger partial charge in [0, 0.05) is 18.8 Å². The van der Waals surface area contributed by atoms with E-state index in [9.17, 15) is 0 Å². The van der Waals surface area contributed by atoms with E-state index < -0.39 is 0 Å². The maximum Gasteiger partial charge on any atom is 0.213 e. The molecule has 2 rings (SSSR count). The lowest BCUT2D eigenvalue weighted by Crippen LogP contribution is -2.21. The summed E-state index contributed by atoms with van der Waals surface area (Å²) in [5.74, 6) is 0.735. The number of ether oxygens (including phenoxy) is 1. The van der Waals surface area contributed by atoms with Crippen molar-refractivity contribution in [3.8, 4) is 5.88 Å². The van der Waals surface area contributed by atoms with E-state index in [1.807, 2.05) is 18.2 Å². The van der Waals surface area contributed by atoms with E-state index >= 15 is 0 Å². The fraction of sp³-hybridized carbons (Fsp3) is 0.583. The van der Waals surface area contributed by atoms with Gasteiger partial charge in [-0.15, -0.1) is 0 Å². The minimum atomic E-state index is 0.735. The summed E-state index contributed by atoms with van der Waals surface area (Å²) in [7, 11) is 0. The highest BCUT2D eigenvalue weighted by atomic mass is 16.5. The van der Waals surface area contributed by atoms with Crippen molar-refractivity contribution in [1.29, 1.82) is 0 Å². The van der Waals surface area contributed by atoms with Crippen molar-refractivity contribution in [2.45, 2.75) is 19.3 Å². The molecule has 2 heterocycles. The van der Waals surface area contributed by atoms with Gasteiger partial charge in [0.1, 0.15) is 0 Å². The lowest BCUT2D eigenvalue weighted by Gasteiger charge is -2.13. The second-order valence-corrected chi connectivity index (χ2v) is 3.92. The van der Waals surface area contributed by atoms with Crippen LogP contribution in [0.2, 0.25) is 0 Å². The van der Waals surface area contributed by atoms with Gasteiger partial charge < -0.3 is 9.64 Å². The van der Waals surface area contributed by atoms with Crippen LogP contribution in [0.4, 0.5) is 0 Å². The molecule has 0 saturated carbocycles. The molecule has 0 aliphatic carbocycles. The predicted molar refractivity (Wildman–Crippen MR) is 60.0 cm³/mol. The molecule has 0 amide bonds. The van der Waals surface area contributed by atoms with E-state index in [0.717, 1.165) is 25.5 Å². The summed E-state index contributed by atoms with van der Waals surface area (Å²) in [6.45, 7) is 4.47. The summed E-state index contributed by atoms with van der Waals surface area (Å²) in [6.07, 6.45) is 5.58. The van der Waals surface area contributed by atoms with Gasteiger partial charge in [-0.1, -0.05) is 6.07 Å². The largest absolute Gasteiger partial charge is 0.478 e. The molecular weight excluding hydrogens is 188 g/mol. The quantitative estimate of drug-likeness (QED) is 0.688. The first kappa shape index (κ1) is 10.4. The third kappa shape index (κ3) is 3.51. The van der Waals surface area contributed by atoms with E-state index in [1.165, 1.54) is 25.9 Å². The molecule has 1 saturated heterocycles. The zero-order chi connectivity index (χ0) is 10.3. The number of rotatable bonds is 5. The van der Waals surface area contributed by atoms with Crippen LogP contribution in [-0.4, -0.2) is 36.1 Å². The van der Waals surface area contributed by atoms with Crippen molar-refractivity contribution in [3.63, 3.8) is 0 Å². The molecule has 0 N–H and O–H groups in total. The highest BCUT2D eigenvalue weighted by molar-refractivity contribution is 5.08. The number of hydrogen-bond acceptors (Lipinski definition) is 3. The minimum absolute atomic E-state index is 0.735. The van der Waals surface area contributed by atoms with Gasteiger partial charge in [-0.25, -0.2) is 4.98 Å². The van der Waals surface area contributed by atoms with Gasteiger partial charge >= 0.3 is 0 Å². The average molecular weight is 206 g/mol. The van der Waals surface area contributed by atoms with Gasteiger partial charge in [0.25, 0.3) is 0 Å². The summed E-state index contributed by atoms with van der Waals surface area (Å²) >= 11 is 0. The number of hydrogen-bond donors (Lipinski definition) is 0. The van der Waals surface area contributed by atoms with Gasteiger partial charge in [-0.05, 0) is 38.4 Å². The Kier molecular flexibility index (Phi) is 3.97. The van der Waals surface area contributed by atoms with Crippen molar-refractivity contribution >= 4 is 0 Å². The molecule has 0 spiro atoms. The molecule has 1 aliphatic rings. The molecule has 0 radical (unpaired) electrons. The molecule has 3 nitrogen and oxygen atoms in total. The van der Waals surface area contributed by atoms with E-state index in [4.69, 9.17) is 4.74 Å². The van der Waals surface area contributed by atoms with Crippen LogP contribution in [0.25, 0.3) is 0 Å². The third-order valence-electron chi connectivity index (χ3n) is 2.71. The van der Waals surface area contributed by atoms with Crippen LogP contribution >= 0.6 is 0 Å². The molecule has 0 bridgehead atoms. The molecule has 1 aliphatic heterocycles. The van der Waals surface area contributed by atoms with Crippen LogP contribution in [-0.2, 0) is 0 Å².